The number of hydrogen-bond acceptors (Lipinski definition) is 3. The van der Waals surface area contributed by atoms with Crippen molar-refractivity contribution in [1.82, 2.24) is 9.55 Å². The molecule has 0 saturated heterocycles. The number of hydrogen-bond donors (Lipinski definition) is 1. The van der Waals surface area contributed by atoms with Crippen molar-refractivity contribution < 1.29 is 0 Å². The Labute approximate surface area is 82.7 Å². The molecule has 4 heteroatoms. The van der Waals surface area contributed by atoms with Gasteiger partial charge in [0.05, 0.1) is 16.9 Å². The van der Waals surface area contributed by atoms with Crippen LogP contribution in [0.3, 0.4) is 0 Å². The summed E-state index contributed by atoms with van der Waals surface area (Å²) in [5.41, 5.74) is 8.09. The van der Waals surface area contributed by atoms with Crippen LogP contribution >= 0.6 is 11.8 Å². The Balaban J connectivity index is 2.56. The van der Waals surface area contributed by atoms with E-state index in [9.17, 15) is 0 Å². The molecule has 1 aromatic heterocycles. The molecule has 0 aromatic carbocycles. The van der Waals surface area contributed by atoms with Gasteiger partial charge in [-0.2, -0.15) is 0 Å². The number of nitrogens with two attached hydrogens (primary N) is 1. The van der Waals surface area contributed by atoms with Crippen molar-refractivity contribution in [1.29, 1.82) is 0 Å². The van der Waals surface area contributed by atoms with E-state index in [1.807, 2.05) is 32.5 Å². The molecule has 0 amide bonds. The largest absolute Gasteiger partial charge is 0.321 e. The predicted molar refractivity (Wildman–Crippen MR) is 54.9 cm³/mol. The van der Waals surface area contributed by atoms with E-state index in [1.54, 1.807) is 0 Å². The highest BCUT2D eigenvalue weighted by molar-refractivity contribution is 7.99. The Morgan fingerprint density at radius 1 is 1.54 bits per heavy atom. The average Bonchev–Trinajstić information content (AvgIpc) is 2.41. The van der Waals surface area contributed by atoms with Crippen molar-refractivity contribution in [2.45, 2.75) is 38.0 Å². The zero-order valence-corrected chi connectivity index (χ0v) is 9.11. The predicted octanol–water partition coefficient (Wildman–Crippen LogP) is 1.49. The molecule has 2 heterocycles. The van der Waals surface area contributed by atoms with Gasteiger partial charge in [-0.3, -0.25) is 0 Å². The topological polar surface area (TPSA) is 43.8 Å². The first-order valence-corrected chi connectivity index (χ1v) is 5.48. The number of aryl methyl sites for hydroxylation is 1. The van der Waals surface area contributed by atoms with Crippen LogP contribution in [0.15, 0.2) is 5.16 Å². The van der Waals surface area contributed by atoms with E-state index in [0.29, 0.717) is 0 Å². The number of aromatic nitrogens is 2. The molecule has 2 rings (SSSR count). The first-order chi connectivity index (χ1) is 6.00. The number of thioether (sulfide) groups is 1. The second-order valence-corrected chi connectivity index (χ2v) is 5.11. The second-order valence-electron chi connectivity index (χ2n) is 4.05. The Morgan fingerprint density at radius 2 is 2.23 bits per heavy atom. The minimum Gasteiger partial charge on any atom is -0.321 e. The summed E-state index contributed by atoms with van der Waals surface area (Å²) in [4.78, 5) is 4.50. The number of nitrogens with zero attached hydrogens (tertiary/aromatic N) is 2. The Morgan fingerprint density at radius 3 is 2.85 bits per heavy atom. The van der Waals surface area contributed by atoms with Gasteiger partial charge in [-0.05, 0) is 20.8 Å². The molecule has 13 heavy (non-hydrogen) atoms. The van der Waals surface area contributed by atoms with E-state index in [-0.39, 0.29) is 5.54 Å². The fourth-order valence-corrected chi connectivity index (χ4v) is 2.90. The summed E-state index contributed by atoms with van der Waals surface area (Å²) >= 11 is 1.82. The van der Waals surface area contributed by atoms with Crippen molar-refractivity contribution >= 4 is 11.8 Å². The van der Waals surface area contributed by atoms with E-state index >= 15 is 0 Å². The number of rotatable bonds is 1. The number of imidazole rings is 1. The molecule has 72 valence electrons. The van der Waals surface area contributed by atoms with Crippen molar-refractivity contribution in [2.75, 3.05) is 5.75 Å². The van der Waals surface area contributed by atoms with Crippen molar-refractivity contribution in [2.24, 2.45) is 5.73 Å². The standard InChI is InChI=1S/C9H15N3S/c1-6-7(9(2,3)10)12-4-5-13-8(12)11-6/h4-5,10H2,1-3H3. The van der Waals surface area contributed by atoms with Crippen LogP contribution in [0.4, 0.5) is 0 Å². The van der Waals surface area contributed by atoms with E-state index in [2.05, 4.69) is 9.55 Å². The zero-order valence-electron chi connectivity index (χ0n) is 8.29. The van der Waals surface area contributed by atoms with Crippen LogP contribution in [0.2, 0.25) is 0 Å². The fourth-order valence-electron chi connectivity index (χ4n) is 1.91. The van der Waals surface area contributed by atoms with E-state index in [4.69, 9.17) is 5.73 Å². The van der Waals surface area contributed by atoms with Gasteiger partial charge in [0.2, 0.25) is 0 Å². The molecule has 1 aliphatic rings. The van der Waals surface area contributed by atoms with Crippen molar-refractivity contribution in [3.63, 3.8) is 0 Å². The summed E-state index contributed by atoms with van der Waals surface area (Å²) < 4.78 is 2.25. The summed E-state index contributed by atoms with van der Waals surface area (Å²) in [5, 5.41) is 1.13. The van der Waals surface area contributed by atoms with E-state index < -0.39 is 0 Å². The highest BCUT2D eigenvalue weighted by Gasteiger charge is 2.27. The second kappa shape index (κ2) is 2.75. The molecule has 0 saturated carbocycles. The third-order valence-electron chi connectivity index (χ3n) is 2.26. The third kappa shape index (κ3) is 1.38. The van der Waals surface area contributed by atoms with Crippen LogP contribution in [0.1, 0.15) is 25.2 Å². The molecule has 1 aliphatic heterocycles. The monoisotopic (exact) mass is 197 g/mol. The molecule has 0 aliphatic carbocycles. The van der Waals surface area contributed by atoms with Crippen LogP contribution < -0.4 is 5.73 Å². The zero-order chi connectivity index (χ0) is 9.64. The molecule has 0 atom stereocenters. The molecule has 2 N–H and O–H groups in total. The van der Waals surface area contributed by atoms with Crippen LogP contribution in [0, 0.1) is 6.92 Å². The molecule has 0 radical (unpaired) electrons. The van der Waals surface area contributed by atoms with Gasteiger partial charge in [0, 0.05) is 12.3 Å². The maximum absolute atomic E-state index is 6.10. The van der Waals surface area contributed by atoms with E-state index in [1.165, 1.54) is 5.69 Å². The quantitative estimate of drug-likeness (QED) is 0.742. The molecule has 0 bridgehead atoms. The van der Waals surface area contributed by atoms with Gasteiger partial charge >= 0.3 is 0 Å². The molecule has 1 aromatic rings. The van der Waals surface area contributed by atoms with Gasteiger partial charge in [0.15, 0.2) is 5.16 Å². The van der Waals surface area contributed by atoms with Crippen molar-refractivity contribution in [3.8, 4) is 0 Å². The van der Waals surface area contributed by atoms with Gasteiger partial charge in [-0.15, -0.1) is 0 Å². The smallest absolute Gasteiger partial charge is 0.168 e. The van der Waals surface area contributed by atoms with Crippen LogP contribution in [-0.2, 0) is 12.1 Å². The molecule has 0 spiro atoms. The van der Waals surface area contributed by atoms with Crippen molar-refractivity contribution in [3.05, 3.63) is 11.4 Å². The molecule has 0 unspecified atom stereocenters. The summed E-state index contributed by atoms with van der Waals surface area (Å²) in [6.07, 6.45) is 0. The van der Waals surface area contributed by atoms with Crippen LogP contribution in [-0.4, -0.2) is 15.3 Å². The first-order valence-electron chi connectivity index (χ1n) is 4.49. The summed E-state index contributed by atoms with van der Waals surface area (Å²) in [7, 11) is 0. The van der Waals surface area contributed by atoms with Gasteiger partial charge in [0.25, 0.3) is 0 Å². The summed E-state index contributed by atoms with van der Waals surface area (Å²) in [5.74, 6) is 1.13. The first kappa shape index (κ1) is 9.09. The highest BCUT2D eigenvalue weighted by atomic mass is 32.2. The minimum absolute atomic E-state index is 0.278. The Hall–Kier alpha value is -0.480. The van der Waals surface area contributed by atoms with Crippen LogP contribution in [0.5, 0.6) is 0 Å². The van der Waals surface area contributed by atoms with E-state index in [0.717, 1.165) is 23.1 Å². The van der Waals surface area contributed by atoms with Crippen LogP contribution in [0.25, 0.3) is 0 Å². The Kier molecular flexibility index (Phi) is 1.92. The third-order valence-corrected chi connectivity index (χ3v) is 3.22. The lowest BCUT2D eigenvalue weighted by Gasteiger charge is -2.20. The molecular formula is C9H15N3S. The highest BCUT2D eigenvalue weighted by Crippen LogP contribution is 2.32. The van der Waals surface area contributed by atoms with Gasteiger partial charge in [0.1, 0.15) is 0 Å². The summed E-state index contributed by atoms with van der Waals surface area (Å²) in [6, 6.07) is 0. The Bertz CT molecular complexity index is 335. The lowest BCUT2D eigenvalue weighted by atomic mass is 10.0. The van der Waals surface area contributed by atoms with Gasteiger partial charge < -0.3 is 10.3 Å². The maximum atomic E-state index is 6.10. The molecular weight excluding hydrogens is 182 g/mol. The van der Waals surface area contributed by atoms with Gasteiger partial charge in [-0.1, -0.05) is 11.8 Å². The average molecular weight is 197 g/mol. The van der Waals surface area contributed by atoms with Gasteiger partial charge in [-0.25, -0.2) is 4.98 Å². The normalized spacial score (nSPS) is 16.3. The summed E-state index contributed by atoms with van der Waals surface area (Å²) in [6.45, 7) is 7.16. The molecule has 3 nitrogen and oxygen atoms in total. The fraction of sp³-hybridized carbons (Fsp3) is 0.667. The maximum Gasteiger partial charge on any atom is 0.168 e. The SMILES string of the molecule is Cc1nc2n(c1C(C)(C)N)CCS2. The minimum atomic E-state index is -0.278. The number of fused-ring (bicyclic) bond motifs is 1. The lowest BCUT2D eigenvalue weighted by Crippen LogP contribution is -2.32. The molecule has 0 fully saturated rings. The lowest BCUT2D eigenvalue weighted by molar-refractivity contribution is 0.489.